The van der Waals surface area contributed by atoms with E-state index in [1.807, 2.05) is 36.4 Å². The van der Waals surface area contributed by atoms with E-state index in [0.717, 1.165) is 11.8 Å². The smallest absolute Gasteiger partial charge is 0.0414 e. The van der Waals surface area contributed by atoms with Gasteiger partial charge in [0.1, 0.15) is 0 Å². The summed E-state index contributed by atoms with van der Waals surface area (Å²) in [5, 5.41) is 0. The topological polar surface area (TPSA) is 0 Å². The molecule has 0 unspecified atom stereocenters. The Kier molecular flexibility index (Phi) is 15.8. The molecule has 4 rings (SSSR count). The molecule has 0 nitrogen and oxygen atoms in total. The average Bonchev–Trinajstić information content (AvgIpc) is 2.35. The third-order valence-electron chi connectivity index (χ3n) is 3.62. The molecular weight excluding hydrogens is 216 g/mol. The Labute approximate surface area is 117 Å². The molecule has 1 aromatic rings. The maximum absolute atomic E-state index is 2.00. The summed E-state index contributed by atoms with van der Waals surface area (Å²) in [6.07, 6.45) is 9.36. The van der Waals surface area contributed by atoms with Gasteiger partial charge in [0.05, 0.1) is 0 Å². The molecule has 0 saturated heterocycles. The van der Waals surface area contributed by atoms with Crippen molar-refractivity contribution in [1.82, 2.24) is 0 Å². The molecule has 3 aliphatic rings. The van der Waals surface area contributed by atoms with Gasteiger partial charge >= 0.3 is 0 Å². The number of rotatable bonds is 0. The van der Waals surface area contributed by atoms with Gasteiger partial charge in [-0.15, -0.1) is 0 Å². The molecule has 0 spiro atoms. The second-order valence-electron chi connectivity index (χ2n) is 4.62. The van der Waals surface area contributed by atoms with E-state index in [1.54, 1.807) is 38.5 Å². The third-order valence-corrected chi connectivity index (χ3v) is 3.62. The van der Waals surface area contributed by atoms with Crippen LogP contribution in [0.4, 0.5) is 0 Å². The minimum absolute atomic E-state index is 0. The van der Waals surface area contributed by atoms with Gasteiger partial charge in [-0.25, -0.2) is 0 Å². The Morgan fingerprint density at radius 3 is 0.667 bits per heavy atom. The summed E-state index contributed by atoms with van der Waals surface area (Å²) in [6.45, 7) is 0. The van der Waals surface area contributed by atoms with E-state index in [-0.39, 0.29) is 29.7 Å². The highest BCUT2D eigenvalue weighted by Gasteiger charge is 2.26. The van der Waals surface area contributed by atoms with Crippen molar-refractivity contribution in [3.8, 4) is 0 Å². The van der Waals surface area contributed by atoms with E-state index in [0.29, 0.717) is 0 Å². The monoisotopic (exact) mass is 252 g/mol. The third kappa shape index (κ3) is 7.53. The van der Waals surface area contributed by atoms with Gasteiger partial charge in [0.15, 0.2) is 0 Å². The van der Waals surface area contributed by atoms with Gasteiger partial charge in [0.25, 0.3) is 0 Å². The van der Waals surface area contributed by atoms with Crippen molar-refractivity contribution in [2.75, 3.05) is 0 Å². The number of benzene rings is 1. The lowest BCUT2D eigenvalue weighted by Gasteiger charge is -2.35. The van der Waals surface area contributed by atoms with Crippen molar-refractivity contribution in [2.24, 2.45) is 11.8 Å². The Balaban J connectivity index is -0.000000210. The highest BCUT2D eigenvalue weighted by molar-refractivity contribution is 4.99. The molecule has 2 bridgehead atoms. The maximum Gasteiger partial charge on any atom is -0.0414 e. The van der Waals surface area contributed by atoms with Crippen molar-refractivity contribution >= 4 is 0 Å². The summed E-state index contributed by atoms with van der Waals surface area (Å²) >= 11 is 0. The van der Waals surface area contributed by atoms with Crippen molar-refractivity contribution in [1.29, 1.82) is 0 Å². The Hall–Kier alpha value is -0.780. The van der Waals surface area contributed by atoms with Crippen molar-refractivity contribution in [3.63, 3.8) is 0 Å². The largest absolute Gasteiger partial charge is 0.0776 e. The molecule has 0 radical (unpaired) electrons. The molecule has 0 aromatic heterocycles. The van der Waals surface area contributed by atoms with Crippen LogP contribution in [0.25, 0.3) is 0 Å². The lowest BCUT2D eigenvalue weighted by atomic mass is 9.71. The van der Waals surface area contributed by atoms with E-state index in [9.17, 15) is 0 Å². The van der Waals surface area contributed by atoms with Crippen LogP contribution in [-0.2, 0) is 0 Å². The summed E-state index contributed by atoms with van der Waals surface area (Å²) in [4.78, 5) is 0. The molecule has 0 amide bonds. The summed E-state index contributed by atoms with van der Waals surface area (Å²) < 4.78 is 0. The SMILES string of the molecule is C.C.C.C.C1CC2CCC1CC2.c1ccccc1. The summed E-state index contributed by atoms with van der Waals surface area (Å²) in [6, 6.07) is 12.0. The first-order valence-corrected chi connectivity index (χ1v) is 5.95. The zero-order valence-electron chi connectivity index (χ0n) is 8.86. The first-order chi connectivity index (χ1) is 6.95. The second kappa shape index (κ2) is 12.7. The fraction of sp³-hybridized carbons (Fsp3) is 0.667. The van der Waals surface area contributed by atoms with Gasteiger partial charge in [0.2, 0.25) is 0 Å². The van der Waals surface area contributed by atoms with Gasteiger partial charge in [0, 0.05) is 0 Å². The normalized spacial score (nSPS) is 22.7. The second-order valence-corrected chi connectivity index (χ2v) is 4.62. The van der Waals surface area contributed by atoms with Crippen LogP contribution in [0.3, 0.4) is 0 Å². The van der Waals surface area contributed by atoms with Crippen molar-refractivity contribution < 1.29 is 0 Å². The highest BCUT2D eigenvalue weighted by atomic mass is 14.3. The van der Waals surface area contributed by atoms with Crippen LogP contribution in [0.5, 0.6) is 0 Å². The highest BCUT2D eigenvalue weighted by Crippen LogP contribution is 2.40. The quantitative estimate of drug-likeness (QED) is 0.475. The number of hydrogen-bond donors (Lipinski definition) is 0. The molecule has 108 valence electrons. The van der Waals surface area contributed by atoms with E-state index in [1.165, 1.54) is 0 Å². The first-order valence-electron chi connectivity index (χ1n) is 5.95. The standard InChI is InChI=1S/C8H14.C6H6.4CH4/c1-2-8-5-3-7(1)4-6-8;1-2-4-6-5-3-1;;;;/h7-8H,1-6H2;1-6H;4*1H4. The van der Waals surface area contributed by atoms with Crippen LogP contribution in [0.1, 0.15) is 68.2 Å². The van der Waals surface area contributed by atoms with Crippen LogP contribution in [-0.4, -0.2) is 0 Å². The van der Waals surface area contributed by atoms with Gasteiger partial charge < -0.3 is 0 Å². The molecule has 18 heavy (non-hydrogen) atoms. The molecule has 3 saturated carbocycles. The van der Waals surface area contributed by atoms with E-state index in [2.05, 4.69) is 0 Å². The van der Waals surface area contributed by atoms with Crippen molar-refractivity contribution in [3.05, 3.63) is 36.4 Å². The predicted molar refractivity (Wildman–Crippen MR) is 88.0 cm³/mol. The van der Waals surface area contributed by atoms with E-state index in [4.69, 9.17) is 0 Å². The average molecular weight is 252 g/mol. The van der Waals surface area contributed by atoms with Crippen LogP contribution in [0.2, 0.25) is 0 Å². The van der Waals surface area contributed by atoms with E-state index >= 15 is 0 Å². The number of hydrogen-bond acceptors (Lipinski definition) is 0. The fourth-order valence-electron chi connectivity index (χ4n) is 2.67. The summed E-state index contributed by atoms with van der Waals surface area (Å²) in [7, 11) is 0. The Morgan fingerprint density at radius 2 is 0.556 bits per heavy atom. The zero-order valence-corrected chi connectivity index (χ0v) is 8.86. The Morgan fingerprint density at radius 1 is 0.389 bits per heavy atom. The molecular formula is C18H36. The molecule has 0 N–H and O–H groups in total. The minimum Gasteiger partial charge on any atom is -0.0776 e. The van der Waals surface area contributed by atoms with Crippen LogP contribution < -0.4 is 0 Å². The van der Waals surface area contributed by atoms with Crippen LogP contribution in [0.15, 0.2) is 36.4 Å². The fourth-order valence-corrected chi connectivity index (χ4v) is 2.67. The van der Waals surface area contributed by atoms with Crippen LogP contribution >= 0.6 is 0 Å². The molecule has 3 aliphatic carbocycles. The van der Waals surface area contributed by atoms with Gasteiger partial charge in [-0.2, -0.15) is 0 Å². The summed E-state index contributed by atoms with van der Waals surface area (Å²) in [5.41, 5.74) is 0. The molecule has 0 heterocycles. The molecule has 3 fully saturated rings. The molecule has 0 heteroatoms. The lowest BCUT2D eigenvalue weighted by molar-refractivity contribution is 0.176. The van der Waals surface area contributed by atoms with Gasteiger partial charge in [-0.3, -0.25) is 0 Å². The zero-order chi connectivity index (χ0) is 9.64. The summed E-state index contributed by atoms with van der Waals surface area (Å²) in [5.74, 6) is 2.31. The predicted octanol–water partition coefficient (Wildman–Crippen LogP) is 6.82. The lowest BCUT2D eigenvalue weighted by Crippen LogP contribution is -2.21. The number of fused-ring (bicyclic) bond motifs is 3. The molecule has 0 atom stereocenters. The Bertz CT molecular complexity index is 182. The van der Waals surface area contributed by atoms with Crippen molar-refractivity contribution in [2.45, 2.75) is 68.2 Å². The minimum atomic E-state index is 0. The van der Waals surface area contributed by atoms with E-state index < -0.39 is 0 Å². The molecule has 1 aromatic carbocycles. The maximum atomic E-state index is 2.00. The van der Waals surface area contributed by atoms with Gasteiger partial charge in [-0.05, 0) is 11.8 Å². The molecule has 0 aliphatic heterocycles. The van der Waals surface area contributed by atoms with Crippen LogP contribution in [0, 0.1) is 11.8 Å². The van der Waals surface area contributed by atoms with Gasteiger partial charge in [-0.1, -0.05) is 105 Å². The first kappa shape index (κ1) is 22.4.